The lowest BCUT2D eigenvalue weighted by Crippen LogP contribution is -2.41. The van der Waals surface area contributed by atoms with Gasteiger partial charge in [0.25, 0.3) is 0 Å². The van der Waals surface area contributed by atoms with E-state index in [0.717, 1.165) is 12.0 Å². The fourth-order valence-electron chi connectivity index (χ4n) is 1.89. The van der Waals surface area contributed by atoms with Crippen molar-refractivity contribution in [1.82, 2.24) is 5.32 Å². The van der Waals surface area contributed by atoms with Gasteiger partial charge >= 0.3 is 0 Å². The van der Waals surface area contributed by atoms with Crippen LogP contribution >= 0.6 is 11.6 Å². The lowest BCUT2D eigenvalue weighted by atomic mass is 10.0. The molecule has 0 radical (unpaired) electrons. The molecule has 1 rings (SSSR count). The largest absolute Gasteiger partial charge is 0.352 e. The van der Waals surface area contributed by atoms with Crippen molar-refractivity contribution in [2.45, 2.75) is 32.7 Å². The second kappa shape index (κ2) is 7.39. The molecule has 0 aliphatic heterocycles. The molecule has 0 bridgehead atoms. The topological polar surface area (TPSA) is 55.1 Å². The number of rotatable bonds is 6. The Labute approximate surface area is 114 Å². The van der Waals surface area contributed by atoms with Crippen LogP contribution in [0.5, 0.6) is 0 Å². The molecule has 3 N–H and O–H groups in total. The van der Waals surface area contributed by atoms with Gasteiger partial charge in [-0.3, -0.25) is 4.79 Å². The van der Waals surface area contributed by atoms with E-state index in [1.807, 2.05) is 12.1 Å². The quantitative estimate of drug-likeness (QED) is 0.832. The molecule has 0 saturated carbocycles. The Hall–Kier alpha value is -1.06. The van der Waals surface area contributed by atoms with Crippen molar-refractivity contribution in [1.29, 1.82) is 0 Å². The lowest BCUT2D eigenvalue weighted by molar-refractivity contribution is -0.121. The molecule has 1 aromatic carbocycles. The highest BCUT2D eigenvalue weighted by Gasteiger charge is 2.12. The molecule has 0 aliphatic carbocycles. The number of hydrogen-bond donors (Lipinski definition) is 2. The molecular formula is C14H21ClN2O. The van der Waals surface area contributed by atoms with Gasteiger partial charge in [0.05, 0.1) is 6.42 Å². The summed E-state index contributed by atoms with van der Waals surface area (Å²) in [5.41, 5.74) is 6.57. The van der Waals surface area contributed by atoms with Gasteiger partial charge in [0.2, 0.25) is 5.91 Å². The number of amides is 1. The van der Waals surface area contributed by atoms with Gasteiger partial charge in [-0.1, -0.05) is 37.6 Å². The zero-order chi connectivity index (χ0) is 13.5. The summed E-state index contributed by atoms with van der Waals surface area (Å²) in [6, 6.07) is 7.40. The molecule has 0 aliphatic rings. The average Bonchev–Trinajstić information content (AvgIpc) is 2.27. The van der Waals surface area contributed by atoms with Crippen molar-refractivity contribution in [3.05, 3.63) is 34.9 Å². The number of carbonyl (C=O) groups is 1. The van der Waals surface area contributed by atoms with E-state index in [0.29, 0.717) is 23.9 Å². The Morgan fingerprint density at radius 1 is 1.44 bits per heavy atom. The number of benzene rings is 1. The third-order valence-corrected chi connectivity index (χ3v) is 2.89. The van der Waals surface area contributed by atoms with Crippen LogP contribution in [0.3, 0.4) is 0 Å². The molecular weight excluding hydrogens is 248 g/mol. The lowest BCUT2D eigenvalue weighted by Gasteiger charge is -2.18. The van der Waals surface area contributed by atoms with Crippen LogP contribution in [0.25, 0.3) is 0 Å². The molecule has 0 spiro atoms. The number of hydrogen-bond acceptors (Lipinski definition) is 2. The maximum Gasteiger partial charge on any atom is 0.224 e. The Balaban J connectivity index is 2.50. The minimum Gasteiger partial charge on any atom is -0.352 e. The van der Waals surface area contributed by atoms with Crippen molar-refractivity contribution < 1.29 is 4.79 Å². The molecule has 1 atom stereocenters. The Kier molecular flexibility index (Phi) is 6.16. The molecule has 1 unspecified atom stereocenters. The van der Waals surface area contributed by atoms with Gasteiger partial charge in [0.1, 0.15) is 0 Å². The fraction of sp³-hybridized carbons (Fsp3) is 0.500. The van der Waals surface area contributed by atoms with Crippen LogP contribution in [0.15, 0.2) is 24.3 Å². The van der Waals surface area contributed by atoms with E-state index in [1.165, 1.54) is 0 Å². The highest BCUT2D eigenvalue weighted by atomic mass is 35.5. The second-order valence-corrected chi connectivity index (χ2v) is 5.37. The van der Waals surface area contributed by atoms with Gasteiger partial charge in [0, 0.05) is 17.6 Å². The summed E-state index contributed by atoms with van der Waals surface area (Å²) < 4.78 is 0. The van der Waals surface area contributed by atoms with Crippen LogP contribution in [0.1, 0.15) is 25.8 Å². The molecule has 0 fully saturated rings. The zero-order valence-corrected chi connectivity index (χ0v) is 11.7. The highest BCUT2D eigenvalue weighted by Crippen LogP contribution is 2.11. The van der Waals surface area contributed by atoms with E-state index in [4.69, 9.17) is 17.3 Å². The summed E-state index contributed by atoms with van der Waals surface area (Å²) in [4.78, 5) is 11.9. The van der Waals surface area contributed by atoms with E-state index in [-0.39, 0.29) is 11.9 Å². The number of carbonyl (C=O) groups excluding carboxylic acids is 1. The minimum atomic E-state index is -0.00614. The molecule has 0 heterocycles. The summed E-state index contributed by atoms with van der Waals surface area (Å²) >= 11 is 5.88. The maximum absolute atomic E-state index is 11.9. The molecule has 100 valence electrons. The first-order valence-corrected chi connectivity index (χ1v) is 6.63. The molecule has 0 aromatic heterocycles. The van der Waals surface area contributed by atoms with Crippen LogP contribution in [0.2, 0.25) is 5.02 Å². The summed E-state index contributed by atoms with van der Waals surface area (Å²) in [5, 5.41) is 3.61. The molecule has 4 heteroatoms. The number of halogens is 1. The van der Waals surface area contributed by atoms with E-state index >= 15 is 0 Å². The van der Waals surface area contributed by atoms with Gasteiger partial charge < -0.3 is 11.1 Å². The first kappa shape index (κ1) is 15.0. The van der Waals surface area contributed by atoms with Gasteiger partial charge in [0.15, 0.2) is 0 Å². The fourth-order valence-corrected chi connectivity index (χ4v) is 2.11. The Morgan fingerprint density at radius 3 is 2.72 bits per heavy atom. The predicted molar refractivity (Wildman–Crippen MR) is 75.6 cm³/mol. The van der Waals surface area contributed by atoms with Crippen LogP contribution in [0, 0.1) is 5.92 Å². The minimum absolute atomic E-state index is 0.00614. The van der Waals surface area contributed by atoms with Crippen LogP contribution in [-0.4, -0.2) is 18.5 Å². The monoisotopic (exact) mass is 268 g/mol. The van der Waals surface area contributed by atoms with Crippen molar-refractivity contribution in [2.24, 2.45) is 11.7 Å². The highest BCUT2D eigenvalue weighted by molar-refractivity contribution is 6.30. The molecule has 18 heavy (non-hydrogen) atoms. The van der Waals surface area contributed by atoms with Crippen LogP contribution in [0.4, 0.5) is 0 Å². The molecule has 3 nitrogen and oxygen atoms in total. The summed E-state index contributed by atoms with van der Waals surface area (Å²) in [6.45, 7) is 4.71. The molecule has 0 saturated heterocycles. The SMILES string of the molecule is CC(C)CC(CN)NC(=O)Cc1cccc(Cl)c1. The Morgan fingerprint density at radius 2 is 2.17 bits per heavy atom. The first-order chi connectivity index (χ1) is 8.51. The summed E-state index contributed by atoms with van der Waals surface area (Å²) in [5.74, 6) is 0.512. The molecule has 1 aromatic rings. The third kappa shape index (κ3) is 5.52. The van der Waals surface area contributed by atoms with E-state index in [1.54, 1.807) is 12.1 Å². The van der Waals surface area contributed by atoms with Crippen molar-refractivity contribution in [3.63, 3.8) is 0 Å². The maximum atomic E-state index is 11.9. The number of nitrogens with one attached hydrogen (secondary N) is 1. The van der Waals surface area contributed by atoms with Crippen LogP contribution in [-0.2, 0) is 11.2 Å². The number of nitrogens with two attached hydrogens (primary N) is 1. The predicted octanol–water partition coefficient (Wildman–Crippen LogP) is 2.37. The van der Waals surface area contributed by atoms with Crippen LogP contribution < -0.4 is 11.1 Å². The first-order valence-electron chi connectivity index (χ1n) is 6.25. The summed E-state index contributed by atoms with van der Waals surface area (Å²) in [7, 11) is 0. The van der Waals surface area contributed by atoms with E-state index < -0.39 is 0 Å². The van der Waals surface area contributed by atoms with Crippen molar-refractivity contribution in [3.8, 4) is 0 Å². The van der Waals surface area contributed by atoms with Gasteiger partial charge in [-0.15, -0.1) is 0 Å². The smallest absolute Gasteiger partial charge is 0.224 e. The van der Waals surface area contributed by atoms with Gasteiger partial charge in [-0.2, -0.15) is 0 Å². The van der Waals surface area contributed by atoms with Gasteiger partial charge in [-0.25, -0.2) is 0 Å². The Bertz CT molecular complexity index is 393. The third-order valence-electron chi connectivity index (χ3n) is 2.66. The standard InChI is InChI=1S/C14H21ClN2O/c1-10(2)6-13(9-16)17-14(18)8-11-4-3-5-12(15)7-11/h3-5,7,10,13H,6,8-9,16H2,1-2H3,(H,17,18). The normalized spacial score (nSPS) is 12.5. The average molecular weight is 269 g/mol. The van der Waals surface area contributed by atoms with E-state index in [9.17, 15) is 4.79 Å². The summed E-state index contributed by atoms with van der Waals surface area (Å²) in [6.07, 6.45) is 1.24. The van der Waals surface area contributed by atoms with E-state index in [2.05, 4.69) is 19.2 Å². The van der Waals surface area contributed by atoms with Crippen molar-refractivity contribution in [2.75, 3.05) is 6.54 Å². The van der Waals surface area contributed by atoms with Crippen molar-refractivity contribution >= 4 is 17.5 Å². The zero-order valence-electron chi connectivity index (χ0n) is 10.9. The molecule has 1 amide bonds. The van der Waals surface area contributed by atoms with Gasteiger partial charge in [-0.05, 0) is 30.0 Å². The second-order valence-electron chi connectivity index (χ2n) is 4.94.